The number of halogens is 1. The van der Waals surface area contributed by atoms with Gasteiger partial charge >= 0.3 is 0 Å². The van der Waals surface area contributed by atoms with Crippen molar-refractivity contribution in [2.45, 2.75) is 13.3 Å². The molecule has 0 bridgehead atoms. The minimum Gasteiger partial charge on any atom is -0.497 e. The van der Waals surface area contributed by atoms with E-state index in [0.717, 1.165) is 28.0 Å². The molecule has 1 N–H and O–H groups in total. The minimum absolute atomic E-state index is 0.593. The first-order valence-electron chi connectivity index (χ1n) is 6.31. The van der Waals surface area contributed by atoms with Gasteiger partial charge in [0.05, 0.1) is 18.4 Å². The van der Waals surface area contributed by atoms with Gasteiger partial charge in [-0.2, -0.15) is 5.26 Å². The molecule has 0 aliphatic carbocycles. The average molecular weight is 331 g/mol. The van der Waals surface area contributed by atoms with Crippen LogP contribution in [0.25, 0.3) is 0 Å². The molecule has 0 saturated heterocycles. The Labute approximate surface area is 127 Å². The van der Waals surface area contributed by atoms with E-state index in [9.17, 15) is 5.26 Å². The highest BCUT2D eigenvalue weighted by molar-refractivity contribution is 9.10. The molecular formula is C16H15BrN2O. The van der Waals surface area contributed by atoms with Crippen molar-refractivity contribution in [1.29, 1.82) is 5.26 Å². The average Bonchev–Trinajstić information content (AvgIpc) is 2.48. The number of rotatable bonds is 4. The van der Waals surface area contributed by atoms with Crippen molar-refractivity contribution in [2.75, 3.05) is 12.4 Å². The molecule has 102 valence electrons. The zero-order chi connectivity index (χ0) is 14.5. The molecule has 0 aliphatic heterocycles. The van der Waals surface area contributed by atoms with E-state index in [-0.39, 0.29) is 0 Å². The fourth-order valence-corrected chi connectivity index (χ4v) is 2.38. The topological polar surface area (TPSA) is 45.0 Å². The van der Waals surface area contributed by atoms with E-state index in [4.69, 9.17) is 4.74 Å². The SMILES string of the molecule is CCc1cc(Br)ccc1Nc1cc(OC)ccc1C#N. The van der Waals surface area contributed by atoms with Gasteiger partial charge in [-0.25, -0.2) is 0 Å². The minimum atomic E-state index is 0.593. The number of benzene rings is 2. The zero-order valence-electron chi connectivity index (χ0n) is 11.4. The Morgan fingerprint density at radius 3 is 2.65 bits per heavy atom. The van der Waals surface area contributed by atoms with Crippen LogP contribution in [0.4, 0.5) is 11.4 Å². The molecule has 0 amide bonds. The summed E-state index contributed by atoms with van der Waals surface area (Å²) in [4.78, 5) is 0. The number of ether oxygens (including phenoxy) is 1. The number of aryl methyl sites for hydroxylation is 1. The van der Waals surface area contributed by atoms with Crippen molar-refractivity contribution in [2.24, 2.45) is 0 Å². The summed E-state index contributed by atoms with van der Waals surface area (Å²) in [6, 6.07) is 13.6. The van der Waals surface area contributed by atoms with Crippen LogP contribution in [-0.4, -0.2) is 7.11 Å². The summed E-state index contributed by atoms with van der Waals surface area (Å²) in [5.74, 6) is 0.724. The van der Waals surface area contributed by atoms with E-state index in [0.29, 0.717) is 5.56 Å². The quantitative estimate of drug-likeness (QED) is 0.888. The lowest BCUT2D eigenvalue weighted by molar-refractivity contribution is 0.415. The maximum atomic E-state index is 9.19. The monoisotopic (exact) mass is 330 g/mol. The molecular weight excluding hydrogens is 316 g/mol. The number of anilines is 2. The third-order valence-electron chi connectivity index (χ3n) is 3.06. The third kappa shape index (κ3) is 3.12. The van der Waals surface area contributed by atoms with Crippen molar-refractivity contribution < 1.29 is 4.74 Å². The van der Waals surface area contributed by atoms with Gasteiger partial charge in [0.15, 0.2) is 0 Å². The first-order chi connectivity index (χ1) is 9.67. The summed E-state index contributed by atoms with van der Waals surface area (Å²) in [6.07, 6.45) is 0.910. The highest BCUT2D eigenvalue weighted by Gasteiger charge is 2.07. The fourth-order valence-electron chi connectivity index (χ4n) is 1.97. The van der Waals surface area contributed by atoms with Crippen LogP contribution in [0, 0.1) is 11.3 Å². The molecule has 0 radical (unpaired) electrons. The molecule has 0 saturated carbocycles. The molecule has 0 atom stereocenters. The Morgan fingerprint density at radius 2 is 2.00 bits per heavy atom. The predicted molar refractivity (Wildman–Crippen MR) is 84.5 cm³/mol. The lowest BCUT2D eigenvalue weighted by Gasteiger charge is -2.13. The molecule has 0 fully saturated rings. The normalized spacial score (nSPS) is 9.90. The molecule has 3 nitrogen and oxygen atoms in total. The Bertz CT molecular complexity index is 662. The first-order valence-corrected chi connectivity index (χ1v) is 7.10. The van der Waals surface area contributed by atoms with Gasteiger partial charge in [0.2, 0.25) is 0 Å². The highest BCUT2D eigenvalue weighted by atomic mass is 79.9. The molecule has 0 aromatic heterocycles. The van der Waals surface area contributed by atoms with Crippen molar-refractivity contribution in [3.05, 3.63) is 52.0 Å². The standard InChI is InChI=1S/C16H15BrN2O/c1-3-11-8-13(17)5-7-15(11)19-16-9-14(20-2)6-4-12(16)10-18/h4-9,19H,3H2,1-2H3. The van der Waals surface area contributed by atoms with Gasteiger partial charge in [-0.05, 0) is 42.3 Å². The van der Waals surface area contributed by atoms with Crippen molar-refractivity contribution in [1.82, 2.24) is 0 Å². The Morgan fingerprint density at radius 1 is 1.20 bits per heavy atom. The van der Waals surface area contributed by atoms with E-state index in [1.165, 1.54) is 5.56 Å². The molecule has 0 aliphatic rings. The van der Waals surface area contributed by atoms with Crippen LogP contribution < -0.4 is 10.1 Å². The van der Waals surface area contributed by atoms with E-state index in [1.807, 2.05) is 18.2 Å². The number of nitrogens with one attached hydrogen (secondary N) is 1. The van der Waals surface area contributed by atoms with Crippen LogP contribution in [0.2, 0.25) is 0 Å². The smallest absolute Gasteiger partial charge is 0.121 e. The summed E-state index contributed by atoms with van der Waals surface area (Å²) in [7, 11) is 1.61. The number of hydrogen-bond acceptors (Lipinski definition) is 3. The van der Waals surface area contributed by atoms with Crippen LogP contribution >= 0.6 is 15.9 Å². The molecule has 20 heavy (non-hydrogen) atoms. The predicted octanol–water partition coefficient (Wildman–Crippen LogP) is 4.64. The maximum absolute atomic E-state index is 9.19. The maximum Gasteiger partial charge on any atom is 0.121 e. The Kier molecular flexibility index (Phi) is 4.65. The van der Waals surface area contributed by atoms with E-state index in [2.05, 4.69) is 40.3 Å². The summed E-state index contributed by atoms with van der Waals surface area (Å²) in [6.45, 7) is 2.10. The third-order valence-corrected chi connectivity index (χ3v) is 3.56. The molecule has 2 aromatic carbocycles. The Hall–Kier alpha value is -1.99. The number of hydrogen-bond donors (Lipinski definition) is 1. The second kappa shape index (κ2) is 6.44. The molecule has 2 rings (SSSR count). The number of nitriles is 1. The van der Waals surface area contributed by atoms with Crippen molar-refractivity contribution in [3.8, 4) is 11.8 Å². The van der Waals surface area contributed by atoms with E-state index in [1.54, 1.807) is 19.2 Å². The molecule has 0 unspecified atom stereocenters. The lowest BCUT2D eigenvalue weighted by Crippen LogP contribution is -1.98. The van der Waals surface area contributed by atoms with Crippen LogP contribution in [-0.2, 0) is 6.42 Å². The van der Waals surface area contributed by atoms with Crippen molar-refractivity contribution in [3.63, 3.8) is 0 Å². The second-order valence-corrected chi connectivity index (χ2v) is 5.22. The Balaban J connectivity index is 2.41. The summed E-state index contributed by atoms with van der Waals surface area (Å²) < 4.78 is 6.26. The number of nitrogens with zero attached hydrogens (tertiary/aromatic N) is 1. The van der Waals surface area contributed by atoms with Gasteiger partial charge in [0.25, 0.3) is 0 Å². The van der Waals surface area contributed by atoms with Crippen LogP contribution in [0.15, 0.2) is 40.9 Å². The van der Waals surface area contributed by atoms with E-state index < -0.39 is 0 Å². The second-order valence-electron chi connectivity index (χ2n) is 4.30. The largest absolute Gasteiger partial charge is 0.497 e. The van der Waals surface area contributed by atoms with Crippen LogP contribution in [0.1, 0.15) is 18.1 Å². The van der Waals surface area contributed by atoms with Gasteiger partial charge in [0.1, 0.15) is 11.8 Å². The van der Waals surface area contributed by atoms with Gasteiger partial charge in [-0.1, -0.05) is 22.9 Å². The van der Waals surface area contributed by atoms with Gasteiger partial charge in [0, 0.05) is 16.2 Å². The summed E-state index contributed by atoms with van der Waals surface area (Å²) in [5, 5.41) is 12.5. The van der Waals surface area contributed by atoms with Gasteiger partial charge < -0.3 is 10.1 Å². The summed E-state index contributed by atoms with van der Waals surface area (Å²) >= 11 is 3.47. The summed E-state index contributed by atoms with van der Waals surface area (Å²) in [5.41, 5.74) is 3.53. The van der Waals surface area contributed by atoms with Crippen molar-refractivity contribution >= 4 is 27.3 Å². The van der Waals surface area contributed by atoms with Crippen LogP contribution in [0.5, 0.6) is 5.75 Å². The van der Waals surface area contributed by atoms with E-state index >= 15 is 0 Å². The molecule has 0 spiro atoms. The highest BCUT2D eigenvalue weighted by Crippen LogP contribution is 2.29. The van der Waals surface area contributed by atoms with Gasteiger partial charge in [-0.15, -0.1) is 0 Å². The van der Waals surface area contributed by atoms with Crippen LogP contribution in [0.3, 0.4) is 0 Å². The zero-order valence-corrected chi connectivity index (χ0v) is 13.0. The number of methoxy groups -OCH3 is 1. The fraction of sp³-hybridized carbons (Fsp3) is 0.188. The molecule has 4 heteroatoms. The van der Waals surface area contributed by atoms with Gasteiger partial charge in [-0.3, -0.25) is 0 Å². The molecule has 0 heterocycles. The lowest BCUT2D eigenvalue weighted by atomic mass is 10.1. The molecule has 2 aromatic rings. The first kappa shape index (κ1) is 14.4.